The van der Waals surface area contributed by atoms with E-state index in [0.717, 1.165) is 18.8 Å². The molecule has 1 aliphatic rings. The van der Waals surface area contributed by atoms with Crippen molar-refractivity contribution in [2.75, 3.05) is 6.61 Å². The molecule has 0 amide bonds. The van der Waals surface area contributed by atoms with Gasteiger partial charge >= 0.3 is 0 Å². The molecule has 2 unspecified atom stereocenters. The van der Waals surface area contributed by atoms with Crippen molar-refractivity contribution < 1.29 is 4.74 Å². The molecule has 1 aliphatic heterocycles. The molecule has 0 bridgehead atoms. The Balaban J connectivity index is 2.26. The van der Waals surface area contributed by atoms with Gasteiger partial charge in [-0.1, -0.05) is 18.2 Å². The van der Waals surface area contributed by atoms with Gasteiger partial charge in [0.1, 0.15) is 5.75 Å². The van der Waals surface area contributed by atoms with Crippen molar-refractivity contribution in [2.24, 2.45) is 5.73 Å². The van der Waals surface area contributed by atoms with E-state index >= 15 is 0 Å². The number of nitrogens with two attached hydrogens (primary N) is 1. The Morgan fingerprint density at radius 3 is 3.13 bits per heavy atom. The summed E-state index contributed by atoms with van der Waals surface area (Å²) in [6.45, 7) is 0.736. The fourth-order valence-electron chi connectivity index (χ4n) is 2.09. The number of fused-ring (bicyclic) bond motifs is 1. The summed E-state index contributed by atoms with van der Waals surface area (Å²) in [4.78, 5) is 0. The minimum absolute atomic E-state index is 0.0417. The van der Waals surface area contributed by atoms with Gasteiger partial charge in [0.25, 0.3) is 0 Å². The summed E-state index contributed by atoms with van der Waals surface area (Å²) < 4.78 is 5.57. The van der Waals surface area contributed by atoms with Gasteiger partial charge in [0.05, 0.1) is 6.61 Å². The quantitative estimate of drug-likeness (QED) is 0.742. The molecule has 0 saturated heterocycles. The third-order valence-electron chi connectivity index (χ3n) is 2.88. The van der Waals surface area contributed by atoms with E-state index in [1.165, 1.54) is 5.56 Å². The lowest BCUT2D eigenvalue weighted by Gasteiger charge is -2.29. The van der Waals surface area contributed by atoms with Crippen LogP contribution in [-0.4, -0.2) is 12.6 Å². The molecule has 15 heavy (non-hydrogen) atoms. The van der Waals surface area contributed by atoms with Gasteiger partial charge in [0.15, 0.2) is 0 Å². The van der Waals surface area contributed by atoms with E-state index in [0.29, 0.717) is 12.3 Å². The number of para-hydroxylation sites is 1. The van der Waals surface area contributed by atoms with E-state index in [-0.39, 0.29) is 6.04 Å². The maximum absolute atomic E-state index is 6.08. The average molecular weight is 201 g/mol. The molecular weight excluding hydrogens is 186 g/mol. The first-order chi connectivity index (χ1) is 7.33. The molecule has 2 atom stereocenters. The summed E-state index contributed by atoms with van der Waals surface area (Å²) in [6, 6.07) is 8.11. The predicted octanol–water partition coefficient (Wildman–Crippen LogP) is 1.90. The van der Waals surface area contributed by atoms with Crippen LogP contribution in [0.1, 0.15) is 24.3 Å². The third kappa shape index (κ3) is 1.98. The first-order valence-electron chi connectivity index (χ1n) is 5.23. The highest BCUT2D eigenvalue weighted by molar-refractivity contribution is 5.38. The molecule has 0 fully saturated rings. The second-order valence-electron chi connectivity index (χ2n) is 3.85. The van der Waals surface area contributed by atoms with E-state index in [2.05, 4.69) is 12.0 Å². The second kappa shape index (κ2) is 4.37. The molecule has 0 aliphatic carbocycles. The molecule has 1 aromatic rings. The zero-order valence-corrected chi connectivity index (χ0v) is 8.65. The molecule has 1 aromatic carbocycles. The smallest absolute Gasteiger partial charge is 0.122 e. The van der Waals surface area contributed by atoms with E-state index in [4.69, 9.17) is 16.9 Å². The van der Waals surface area contributed by atoms with Gasteiger partial charge in [-0.2, -0.15) is 0 Å². The summed E-state index contributed by atoms with van der Waals surface area (Å²) in [5, 5.41) is 0. The number of terminal acetylenes is 1. The van der Waals surface area contributed by atoms with Crippen LogP contribution in [0.4, 0.5) is 0 Å². The summed E-state index contributed by atoms with van der Waals surface area (Å²) in [6.07, 6.45) is 6.88. The van der Waals surface area contributed by atoms with Gasteiger partial charge in [-0.05, 0) is 18.1 Å². The van der Waals surface area contributed by atoms with Crippen molar-refractivity contribution in [3.63, 3.8) is 0 Å². The first kappa shape index (κ1) is 10.1. The van der Waals surface area contributed by atoms with E-state index in [9.17, 15) is 0 Å². The summed E-state index contributed by atoms with van der Waals surface area (Å²) in [5.41, 5.74) is 7.28. The molecule has 2 heteroatoms. The molecule has 0 radical (unpaired) electrons. The normalized spacial score (nSPS) is 20.9. The Morgan fingerprint density at radius 2 is 2.33 bits per heavy atom. The topological polar surface area (TPSA) is 35.2 Å². The van der Waals surface area contributed by atoms with Crippen molar-refractivity contribution in [2.45, 2.75) is 24.8 Å². The molecule has 0 saturated carbocycles. The number of hydrogen-bond donors (Lipinski definition) is 1. The van der Waals surface area contributed by atoms with Gasteiger partial charge in [0, 0.05) is 18.4 Å². The maximum Gasteiger partial charge on any atom is 0.122 e. The lowest BCUT2D eigenvalue weighted by molar-refractivity contribution is 0.255. The fourth-order valence-corrected chi connectivity index (χ4v) is 2.09. The zero-order valence-electron chi connectivity index (χ0n) is 8.65. The van der Waals surface area contributed by atoms with Crippen LogP contribution in [0.15, 0.2) is 24.3 Å². The lowest BCUT2D eigenvalue weighted by Crippen LogP contribution is -2.31. The van der Waals surface area contributed by atoms with Gasteiger partial charge in [-0.25, -0.2) is 0 Å². The van der Waals surface area contributed by atoms with Crippen LogP contribution in [-0.2, 0) is 0 Å². The van der Waals surface area contributed by atoms with E-state index in [1.807, 2.05) is 18.2 Å². The van der Waals surface area contributed by atoms with Crippen LogP contribution in [0.2, 0.25) is 0 Å². The van der Waals surface area contributed by atoms with Gasteiger partial charge < -0.3 is 10.5 Å². The molecule has 0 aromatic heterocycles. The highest BCUT2D eigenvalue weighted by Gasteiger charge is 2.25. The second-order valence-corrected chi connectivity index (χ2v) is 3.85. The monoisotopic (exact) mass is 201 g/mol. The van der Waals surface area contributed by atoms with Gasteiger partial charge in [-0.15, -0.1) is 12.3 Å². The highest BCUT2D eigenvalue weighted by atomic mass is 16.5. The van der Waals surface area contributed by atoms with Crippen molar-refractivity contribution >= 4 is 0 Å². The third-order valence-corrected chi connectivity index (χ3v) is 2.88. The molecule has 2 rings (SSSR count). The Morgan fingerprint density at radius 1 is 1.53 bits per heavy atom. The average Bonchev–Trinajstić information content (AvgIpc) is 2.28. The Kier molecular flexibility index (Phi) is 2.94. The van der Waals surface area contributed by atoms with E-state index in [1.54, 1.807) is 0 Å². The van der Waals surface area contributed by atoms with Crippen molar-refractivity contribution in [1.82, 2.24) is 0 Å². The maximum atomic E-state index is 6.08. The van der Waals surface area contributed by atoms with E-state index < -0.39 is 0 Å². The zero-order chi connectivity index (χ0) is 10.7. The molecular formula is C13H15NO. The van der Waals surface area contributed by atoms with Crippen molar-refractivity contribution in [3.05, 3.63) is 29.8 Å². The largest absolute Gasteiger partial charge is 0.493 e. The van der Waals surface area contributed by atoms with Gasteiger partial charge in [-0.3, -0.25) is 0 Å². The predicted molar refractivity (Wildman–Crippen MR) is 60.7 cm³/mol. The number of rotatable bonds is 2. The standard InChI is InChI=1S/C13H15NO/c1-2-5-12(14)10-8-9-15-13-7-4-3-6-11(10)13/h1,3-4,6-7,10,12H,5,8-9,14H2. The lowest BCUT2D eigenvalue weighted by atomic mass is 9.86. The Bertz CT molecular complexity index is 380. The van der Waals surface area contributed by atoms with Crippen LogP contribution in [0.3, 0.4) is 0 Å². The fraction of sp³-hybridized carbons (Fsp3) is 0.385. The summed E-state index contributed by atoms with van der Waals surface area (Å²) in [7, 11) is 0. The SMILES string of the molecule is C#CCC(N)C1CCOc2ccccc21. The van der Waals surface area contributed by atoms with Crippen LogP contribution in [0, 0.1) is 12.3 Å². The molecule has 2 nitrogen and oxygen atoms in total. The molecule has 1 heterocycles. The van der Waals surface area contributed by atoms with Crippen LogP contribution >= 0.6 is 0 Å². The number of hydrogen-bond acceptors (Lipinski definition) is 2. The Hall–Kier alpha value is -1.46. The number of benzene rings is 1. The molecule has 2 N–H and O–H groups in total. The van der Waals surface area contributed by atoms with Crippen molar-refractivity contribution in [1.29, 1.82) is 0 Å². The summed E-state index contributed by atoms with van der Waals surface area (Å²) in [5.74, 6) is 3.93. The van der Waals surface area contributed by atoms with Crippen LogP contribution in [0.5, 0.6) is 5.75 Å². The minimum Gasteiger partial charge on any atom is -0.493 e. The highest BCUT2D eigenvalue weighted by Crippen LogP contribution is 2.35. The minimum atomic E-state index is 0.0417. The molecule has 0 spiro atoms. The summed E-state index contributed by atoms with van der Waals surface area (Å²) >= 11 is 0. The van der Waals surface area contributed by atoms with Crippen molar-refractivity contribution in [3.8, 4) is 18.1 Å². The Labute approximate surface area is 90.4 Å². The number of ether oxygens (including phenoxy) is 1. The van der Waals surface area contributed by atoms with Crippen LogP contribution in [0.25, 0.3) is 0 Å². The molecule has 78 valence electrons. The van der Waals surface area contributed by atoms with Gasteiger partial charge in [0.2, 0.25) is 0 Å². The first-order valence-corrected chi connectivity index (χ1v) is 5.23. The van der Waals surface area contributed by atoms with Crippen LogP contribution < -0.4 is 10.5 Å².